The van der Waals surface area contributed by atoms with Crippen LogP contribution in [0.3, 0.4) is 0 Å². The van der Waals surface area contributed by atoms with Gasteiger partial charge in [-0.25, -0.2) is 0 Å². The van der Waals surface area contributed by atoms with Gasteiger partial charge in [-0.3, -0.25) is 4.79 Å². The van der Waals surface area contributed by atoms with Gasteiger partial charge in [0.2, 0.25) is 0 Å². The lowest BCUT2D eigenvalue weighted by atomic mass is 9.95. The van der Waals surface area contributed by atoms with Gasteiger partial charge in [0.05, 0.1) is 12.2 Å². The number of carboxylic acid groups (broad SMARTS) is 1. The SMILES string of the molecule is COC1CCCC(OCCC(N)C(=O)O)C1. The molecule has 1 fully saturated rings. The molecule has 0 aromatic heterocycles. The maximum Gasteiger partial charge on any atom is 0.320 e. The van der Waals surface area contributed by atoms with E-state index in [1.165, 1.54) is 0 Å². The lowest BCUT2D eigenvalue weighted by Gasteiger charge is -2.28. The summed E-state index contributed by atoms with van der Waals surface area (Å²) >= 11 is 0. The molecule has 1 aliphatic carbocycles. The number of carboxylic acids is 1. The van der Waals surface area contributed by atoms with Crippen LogP contribution in [-0.4, -0.2) is 43.0 Å². The highest BCUT2D eigenvalue weighted by atomic mass is 16.5. The molecule has 5 heteroatoms. The summed E-state index contributed by atoms with van der Waals surface area (Å²) in [6.07, 6.45) is 4.97. The molecule has 1 saturated carbocycles. The van der Waals surface area contributed by atoms with Crippen molar-refractivity contribution in [2.24, 2.45) is 5.73 Å². The van der Waals surface area contributed by atoms with Crippen LogP contribution in [0, 0.1) is 0 Å². The topological polar surface area (TPSA) is 81.8 Å². The Morgan fingerprint density at radius 2 is 2.19 bits per heavy atom. The zero-order valence-corrected chi connectivity index (χ0v) is 9.72. The van der Waals surface area contributed by atoms with E-state index in [0.717, 1.165) is 25.7 Å². The van der Waals surface area contributed by atoms with Crippen LogP contribution in [0.5, 0.6) is 0 Å². The summed E-state index contributed by atoms with van der Waals surface area (Å²) in [5.41, 5.74) is 5.38. The Morgan fingerprint density at radius 1 is 1.50 bits per heavy atom. The van der Waals surface area contributed by atoms with Crippen molar-refractivity contribution in [1.82, 2.24) is 0 Å². The average molecular weight is 231 g/mol. The first-order chi connectivity index (χ1) is 7.63. The smallest absolute Gasteiger partial charge is 0.320 e. The first-order valence-corrected chi connectivity index (χ1v) is 5.76. The van der Waals surface area contributed by atoms with Crippen LogP contribution in [0.1, 0.15) is 32.1 Å². The van der Waals surface area contributed by atoms with Crippen LogP contribution >= 0.6 is 0 Å². The predicted octanol–water partition coefficient (Wildman–Crippen LogP) is 0.763. The van der Waals surface area contributed by atoms with Crippen LogP contribution in [0.25, 0.3) is 0 Å². The van der Waals surface area contributed by atoms with E-state index in [0.29, 0.717) is 13.0 Å². The third kappa shape index (κ3) is 4.47. The molecule has 3 N–H and O–H groups in total. The van der Waals surface area contributed by atoms with E-state index in [4.69, 9.17) is 20.3 Å². The zero-order chi connectivity index (χ0) is 12.0. The van der Waals surface area contributed by atoms with Crippen molar-refractivity contribution in [3.05, 3.63) is 0 Å². The van der Waals surface area contributed by atoms with Crippen molar-refractivity contribution in [2.45, 2.75) is 50.4 Å². The Bertz CT molecular complexity index is 222. The number of carbonyl (C=O) groups is 1. The second kappa shape index (κ2) is 6.83. The largest absolute Gasteiger partial charge is 0.480 e. The molecular formula is C11H21NO4. The van der Waals surface area contributed by atoms with Gasteiger partial charge in [0.1, 0.15) is 6.04 Å². The molecule has 3 atom stereocenters. The van der Waals surface area contributed by atoms with Gasteiger partial charge in [0.25, 0.3) is 0 Å². The summed E-state index contributed by atoms with van der Waals surface area (Å²) < 4.78 is 10.9. The minimum absolute atomic E-state index is 0.194. The second-order valence-corrected chi connectivity index (χ2v) is 4.25. The lowest BCUT2D eigenvalue weighted by Crippen LogP contribution is -2.33. The van der Waals surface area contributed by atoms with Crippen molar-refractivity contribution in [2.75, 3.05) is 13.7 Å². The van der Waals surface area contributed by atoms with Crippen molar-refractivity contribution >= 4 is 5.97 Å². The summed E-state index contributed by atoms with van der Waals surface area (Å²) in [4.78, 5) is 10.5. The predicted molar refractivity (Wildman–Crippen MR) is 59.2 cm³/mol. The zero-order valence-electron chi connectivity index (χ0n) is 9.72. The summed E-state index contributed by atoms with van der Waals surface area (Å²) in [6.45, 7) is 0.411. The Morgan fingerprint density at radius 3 is 2.81 bits per heavy atom. The molecule has 94 valence electrons. The first-order valence-electron chi connectivity index (χ1n) is 5.76. The number of hydrogen-bond acceptors (Lipinski definition) is 4. The van der Waals surface area contributed by atoms with Gasteiger partial charge in [-0.1, -0.05) is 0 Å². The van der Waals surface area contributed by atoms with Gasteiger partial charge in [-0.05, 0) is 32.1 Å². The third-order valence-electron chi connectivity index (χ3n) is 3.01. The van der Waals surface area contributed by atoms with Crippen LogP contribution < -0.4 is 5.73 Å². The number of aliphatic carboxylic acids is 1. The van der Waals surface area contributed by atoms with Gasteiger partial charge in [0, 0.05) is 13.7 Å². The van der Waals surface area contributed by atoms with E-state index < -0.39 is 12.0 Å². The lowest BCUT2D eigenvalue weighted by molar-refractivity contribution is -0.139. The molecule has 0 heterocycles. The quantitative estimate of drug-likeness (QED) is 0.705. The van der Waals surface area contributed by atoms with Crippen molar-refractivity contribution in [3.8, 4) is 0 Å². The summed E-state index contributed by atoms with van der Waals surface area (Å²) in [6, 6.07) is -0.818. The fourth-order valence-corrected chi connectivity index (χ4v) is 1.95. The Balaban J connectivity index is 2.15. The summed E-state index contributed by atoms with van der Waals surface area (Å²) in [7, 11) is 1.72. The summed E-state index contributed by atoms with van der Waals surface area (Å²) in [5.74, 6) is -0.970. The van der Waals surface area contributed by atoms with Gasteiger partial charge < -0.3 is 20.3 Å². The molecule has 16 heavy (non-hydrogen) atoms. The molecule has 0 saturated heterocycles. The van der Waals surface area contributed by atoms with E-state index in [1.54, 1.807) is 7.11 Å². The molecule has 3 unspecified atom stereocenters. The van der Waals surface area contributed by atoms with Crippen molar-refractivity contribution in [3.63, 3.8) is 0 Å². The van der Waals surface area contributed by atoms with Crippen LogP contribution in [-0.2, 0) is 14.3 Å². The molecule has 0 aromatic carbocycles. The molecule has 0 amide bonds. The average Bonchev–Trinajstić information content (AvgIpc) is 2.29. The van der Waals surface area contributed by atoms with Crippen molar-refractivity contribution < 1.29 is 19.4 Å². The first kappa shape index (κ1) is 13.4. The molecule has 1 aliphatic rings. The molecular weight excluding hydrogens is 210 g/mol. The molecule has 0 spiro atoms. The molecule has 0 aliphatic heterocycles. The van der Waals surface area contributed by atoms with Crippen LogP contribution in [0.2, 0.25) is 0 Å². The molecule has 0 aromatic rings. The van der Waals surface area contributed by atoms with Crippen LogP contribution in [0.15, 0.2) is 0 Å². The minimum Gasteiger partial charge on any atom is -0.480 e. The van der Waals surface area contributed by atoms with Gasteiger partial charge in [-0.15, -0.1) is 0 Å². The molecule has 5 nitrogen and oxygen atoms in total. The molecule has 0 radical (unpaired) electrons. The number of hydrogen-bond donors (Lipinski definition) is 2. The maximum atomic E-state index is 10.5. The maximum absolute atomic E-state index is 10.5. The highest BCUT2D eigenvalue weighted by molar-refractivity contribution is 5.72. The van der Waals surface area contributed by atoms with Gasteiger partial charge >= 0.3 is 5.97 Å². The molecule has 0 bridgehead atoms. The minimum atomic E-state index is -0.970. The van der Waals surface area contributed by atoms with E-state index in [2.05, 4.69) is 0 Å². The van der Waals surface area contributed by atoms with Gasteiger partial charge in [-0.2, -0.15) is 0 Å². The normalized spacial score (nSPS) is 27.6. The number of ether oxygens (including phenoxy) is 2. The van der Waals surface area contributed by atoms with E-state index in [9.17, 15) is 4.79 Å². The van der Waals surface area contributed by atoms with Crippen LogP contribution in [0.4, 0.5) is 0 Å². The second-order valence-electron chi connectivity index (χ2n) is 4.25. The molecule has 1 rings (SSSR count). The van der Waals surface area contributed by atoms with E-state index in [1.807, 2.05) is 0 Å². The fourth-order valence-electron chi connectivity index (χ4n) is 1.95. The fraction of sp³-hybridized carbons (Fsp3) is 0.909. The number of methoxy groups -OCH3 is 1. The monoisotopic (exact) mass is 231 g/mol. The number of rotatable bonds is 6. The standard InChI is InChI=1S/C11H21NO4/c1-15-8-3-2-4-9(7-8)16-6-5-10(12)11(13)14/h8-10H,2-7,12H2,1H3,(H,13,14). The third-order valence-corrected chi connectivity index (χ3v) is 3.01. The summed E-state index contributed by atoms with van der Waals surface area (Å²) in [5, 5.41) is 8.60. The van der Waals surface area contributed by atoms with Crippen molar-refractivity contribution in [1.29, 1.82) is 0 Å². The Hall–Kier alpha value is -0.650. The Labute approximate surface area is 95.9 Å². The Kier molecular flexibility index (Phi) is 5.73. The highest BCUT2D eigenvalue weighted by Crippen LogP contribution is 2.23. The highest BCUT2D eigenvalue weighted by Gasteiger charge is 2.22. The van der Waals surface area contributed by atoms with Gasteiger partial charge in [0.15, 0.2) is 0 Å². The van der Waals surface area contributed by atoms with E-state index in [-0.39, 0.29) is 12.2 Å². The number of nitrogens with two attached hydrogens (primary N) is 1. The van der Waals surface area contributed by atoms with E-state index >= 15 is 0 Å².